The molecule has 1 unspecified atom stereocenters. The first-order valence-electron chi connectivity index (χ1n) is 10.5. The lowest BCUT2D eigenvalue weighted by atomic mass is 9.99. The van der Waals surface area contributed by atoms with Crippen molar-refractivity contribution in [2.45, 2.75) is 50.8 Å². The van der Waals surface area contributed by atoms with Crippen LogP contribution in [0.3, 0.4) is 0 Å². The number of ether oxygens (including phenoxy) is 2. The summed E-state index contributed by atoms with van der Waals surface area (Å²) in [5.41, 5.74) is 2.16. The van der Waals surface area contributed by atoms with E-state index < -0.39 is 0 Å². The number of carbonyl (C=O) groups is 2. The maximum absolute atomic E-state index is 13.2. The predicted molar refractivity (Wildman–Crippen MR) is 123 cm³/mol. The second-order valence-corrected chi connectivity index (χ2v) is 8.14. The van der Waals surface area contributed by atoms with Gasteiger partial charge in [0.1, 0.15) is 11.9 Å². The quantitative estimate of drug-likeness (QED) is 0.290. The Labute approximate surface area is 189 Å². The summed E-state index contributed by atoms with van der Waals surface area (Å²) in [6, 6.07) is 17.7. The molecule has 0 amide bonds. The van der Waals surface area contributed by atoms with Gasteiger partial charge in [0.25, 0.3) is 0 Å². The van der Waals surface area contributed by atoms with Crippen molar-refractivity contribution in [1.29, 1.82) is 0 Å². The van der Waals surface area contributed by atoms with E-state index in [0.717, 1.165) is 24.0 Å². The van der Waals surface area contributed by atoms with Gasteiger partial charge in [0, 0.05) is 31.8 Å². The smallest absolute Gasteiger partial charge is 0.339 e. The Kier molecular flexibility index (Phi) is 7.52. The molecule has 31 heavy (non-hydrogen) atoms. The summed E-state index contributed by atoms with van der Waals surface area (Å²) in [7, 11) is 2.17. The van der Waals surface area contributed by atoms with Crippen molar-refractivity contribution in [3.63, 3.8) is 0 Å². The van der Waals surface area contributed by atoms with E-state index >= 15 is 0 Å². The van der Waals surface area contributed by atoms with Crippen LogP contribution in [-0.4, -0.2) is 42.1 Å². The summed E-state index contributed by atoms with van der Waals surface area (Å²) in [6.07, 6.45) is 5.95. The third kappa shape index (κ3) is 5.54. The molecule has 0 aliphatic carbocycles. The molecule has 0 spiro atoms. The lowest BCUT2D eigenvalue weighted by Crippen LogP contribution is -2.43. The number of halogens is 1. The Morgan fingerprint density at radius 2 is 1.58 bits per heavy atom. The minimum absolute atomic E-state index is 0. The van der Waals surface area contributed by atoms with Crippen molar-refractivity contribution in [1.82, 2.24) is 4.90 Å². The fraction of sp³-hybridized carbons (Fsp3) is 0.360. The van der Waals surface area contributed by atoms with Crippen LogP contribution in [0.5, 0.6) is 5.75 Å². The van der Waals surface area contributed by atoms with Gasteiger partial charge in [0.05, 0.1) is 5.57 Å². The van der Waals surface area contributed by atoms with E-state index in [4.69, 9.17) is 9.47 Å². The van der Waals surface area contributed by atoms with Gasteiger partial charge < -0.3 is 14.4 Å². The summed E-state index contributed by atoms with van der Waals surface area (Å²) in [5, 5.41) is 0. The minimum Gasteiger partial charge on any atom is -0.459 e. The Balaban J connectivity index is 0.00000272. The van der Waals surface area contributed by atoms with Crippen LogP contribution < -0.4 is 4.74 Å². The van der Waals surface area contributed by atoms with Crippen LogP contribution in [0.2, 0.25) is 0 Å². The highest BCUT2D eigenvalue weighted by Crippen LogP contribution is 2.36. The van der Waals surface area contributed by atoms with Crippen molar-refractivity contribution < 1.29 is 19.1 Å². The molecule has 2 aromatic rings. The van der Waals surface area contributed by atoms with Gasteiger partial charge in [-0.15, -0.1) is 12.4 Å². The van der Waals surface area contributed by atoms with Gasteiger partial charge >= 0.3 is 11.9 Å². The molecule has 2 aromatic carbocycles. The number of hydrogen-bond donors (Lipinski definition) is 0. The summed E-state index contributed by atoms with van der Waals surface area (Å²) < 4.78 is 11.1. The molecule has 5 nitrogen and oxygen atoms in total. The molecule has 3 atom stereocenters. The maximum Gasteiger partial charge on any atom is 0.339 e. The third-order valence-electron chi connectivity index (χ3n) is 6.09. The van der Waals surface area contributed by atoms with Gasteiger partial charge in [-0.3, -0.25) is 4.79 Å². The largest absolute Gasteiger partial charge is 0.459 e. The molecule has 2 aliphatic heterocycles. The summed E-state index contributed by atoms with van der Waals surface area (Å²) >= 11 is 0. The average molecular weight is 442 g/mol. The number of benzene rings is 2. The van der Waals surface area contributed by atoms with E-state index in [9.17, 15) is 9.59 Å². The van der Waals surface area contributed by atoms with Crippen molar-refractivity contribution in [3.05, 3.63) is 65.7 Å². The molecule has 2 saturated heterocycles. The highest BCUT2D eigenvalue weighted by molar-refractivity contribution is 6.21. The lowest BCUT2D eigenvalue weighted by molar-refractivity contribution is -0.145. The molecule has 2 fully saturated rings. The average Bonchev–Trinajstić information content (AvgIpc) is 2.94. The van der Waals surface area contributed by atoms with Gasteiger partial charge in [0.2, 0.25) is 0 Å². The van der Waals surface area contributed by atoms with Gasteiger partial charge in [-0.1, -0.05) is 42.5 Å². The number of hydrogen-bond acceptors (Lipinski definition) is 5. The summed E-state index contributed by atoms with van der Waals surface area (Å²) in [6.45, 7) is 1.36. The molecule has 2 bridgehead atoms. The van der Waals surface area contributed by atoms with E-state index in [1.54, 1.807) is 24.3 Å². The molecule has 2 aliphatic rings. The Morgan fingerprint density at radius 1 is 0.968 bits per heavy atom. The molecule has 2 heterocycles. The molecular weight excluding hydrogens is 414 g/mol. The topological polar surface area (TPSA) is 55.8 Å². The first-order valence-corrected chi connectivity index (χ1v) is 10.5. The Bertz CT molecular complexity index is 928. The van der Waals surface area contributed by atoms with Crippen LogP contribution in [0, 0.1) is 0 Å². The SMILES string of the molecule is CC(=O)Oc1ccc(/C(=C\c2ccccc2)C(=O)OC2C[C@H]3CC[C@@H](C2)N3C)cc1.Cl. The molecule has 4 rings (SSSR count). The van der Waals surface area contributed by atoms with Crippen molar-refractivity contribution in [2.24, 2.45) is 0 Å². The van der Waals surface area contributed by atoms with Crippen LogP contribution in [0.4, 0.5) is 0 Å². The third-order valence-corrected chi connectivity index (χ3v) is 6.09. The van der Waals surface area contributed by atoms with Gasteiger partial charge in [0.15, 0.2) is 0 Å². The van der Waals surface area contributed by atoms with Gasteiger partial charge in [-0.05, 0) is 49.2 Å². The van der Waals surface area contributed by atoms with E-state index in [2.05, 4.69) is 11.9 Å². The molecule has 0 radical (unpaired) electrons. The highest BCUT2D eigenvalue weighted by Gasteiger charge is 2.40. The maximum atomic E-state index is 13.2. The van der Waals surface area contributed by atoms with Crippen molar-refractivity contribution in [2.75, 3.05) is 7.05 Å². The molecule has 0 aromatic heterocycles. The number of rotatable bonds is 5. The fourth-order valence-corrected chi connectivity index (χ4v) is 4.52. The zero-order chi connectivity index (χ0) is 21.1. The zero-order valence-corrected chi connectivity index (χ0v) is 18.6. The van der Waals surface area contributed by atoms with Crippen molar-refractivity contribution >= 4 is 36.0 Å². The Morgan fingerprint density at radius 3 is 2.16 bits per heavy atom. The fourth-order valence-electron chi connectivity index (χ4n) is 4.52. The van der Waals surface area contributed by atoms with Crippen LogP contribution in [0.25, 0.3) is 11.6 Å². The van der Waals surface area contributed by atoms with Crippen LogP contribution in [0.15, 0.2) is 54.6 Å². The number of piperidine rings is 1. The zero-order valence-electron chi connectivity index (χ0n) is 17.8. The molecule has 164 valence electrons. The van der Waals surface area contributed by atoms with Gasteiger partial charge in [-0.2, -0.15) is 0 Å². The first kappa shape index (κ1) is 23.0. The molecule has 0 saturated carbocycles. The highest BCUT2D eigenvalue weighted by atomic mass is 35.5. The van der Waals surface area contributed by atoms with Gasteiger partial charge in [-0.25, -0.2) is 4.79 Å². The van der Waals surface area contributed by atoms with E-state index in [1.807, 2.05) is 36.4 Å². The molecule has 6 heteroatoms. The van der Waals surface area contributed by atoms with E-state index in [0.29, 0.717) is 23.4 Å². The lowest BCUT2D eigenvalue weighted by Gasteiger charge is -2.35. The second-order valence-electron chi connectivity index (χ2n) is 8.14. The first-order chi connectivity index (χ1) is 14.5. The van der Waals surface area contributed by atoms with E-state index in [-0.39, 0.29) is 30.4 Å². The van der Waals surface area contributed by atoms with E-state index in [1.165, 1.54) is 19.8 Å². The number of carbonyl (C=O) groups excluding carboxylic acids is 2. The number of fused-ring (bicyclic) bond motifs is 2. The number of nitrogens with zero attached hydrogens (tertiary/aromatic N) is 1. The minimum atomic E-state index is -0.376. The van der Waals surface area contributed by atoms with Crippen molar-refractivity contribution in [3.8, 4) is 5.75 Å². The standard InChI is InChI=1S/C25H27NO4.ClH/c1-17(27)29-22-12-8-19(9-13-22)24(14-18-6-4-3-5-7-18)25(28)30-23-15-20-10-11-21(16-23)26(20)2;/h3-9,12-14,20-21,23H,10-11,15-16H2,1-2H3;1H/b24-14+;/t20-,21+,23?;. The summed E-state index contributed by atoms with van der Waals surface area (Å²) in [4.78, 5) is 26.8. The van der Waals surface area contributed by atoms with Crippen LogP contribution >= 0.6 is 12.4 Å². The molecular formula is C25H28ClNO4. The Hall–Kier alpha value is -2.63. The van der Waals surface area contributed by atoms with Crippen LogP contribution in [-0.2, 0) is 14.3 Å². The number of esters is 2. The second kappa shape index (κ2) is 10.1. The summed E-state index contributed by atoms with van der Waals surface area (Å²) in [5.74, 6) is -0.238. The van der Waals surface area contributed by atoms with Crippen LogP contribution in [0.1, 0.15) is 43.7 Å². The molecule has 0 N–H and O–H groups in total. The monoisotopic (exact) mass is 441 g/mol. The normalized spacial score (nSPS) is 23.0. The predicted octanol–water partition coefficient (Wildman–Crippen LogP) is 4.74.